The van der Waals surface area contributed by atoms with E-state index in [1.807, 2.05) is 12.1 Å². The lowest BCUT2D eigenvalue weighted by Gasteiger charge is -2.15. The lowest BCUT2D eigenvalue weighted by atomic mass is 10.3. The Balaban J connectivity index is 0.000000133. The van der Waals surface area contributed by atoms with Crippen LogP contribution in [0.4, 0.5) is 5.82 Å². The van der Waals surface area contributed by atoms with E-state index in [9.17, 15) is 0 Å². The fraction of sp³-hybridized carbons (Fsp3) is 0.467. The summed E-state index contributed by atoms with van der Waals surface area (Å²) in [7, 11) is 0. The first-order chi connectivity index (χ1) is 10.7. The lowest BCUT2D eigenvalue weighted by molar-refractivity contribution is 0.927. The monoisotopic (exact) mass is 337 g/mol. The van der Waals surface area contributed by atoms with Crippen molar-refractivity contribution in [3.8, 4) is 0 Å². The second-order valence-electron chi connectivity index (χ2n) is 5.40. The van der Waals surface area contributed by atoms with Crippen molar-refractivity contribution >= 4 is 29.0 Å². The molecule has 2 aromatic rings. The second kappa shape index (κ2) is 7.20. The van der Waals surface area contributed by atoms with Crippen molar-refractivity contribution in [1.82, 2.24) is 19.9 Å². The van der Waals surface area contributed by atoms with Crippen LogP contribution in [0, 0.1) is 0 Å². The Morgan fingerprint density at radius 1 is 0.909 bits per heavy atom. The average molecular weight is 338 g/mol. The summed E-state index contributed by atoms with van der Waals surface area (Å²) in [4.78, 5) is 18.1. The van der Waals surface area contributed by atoms with Crippen LogP contribution in [0.5, 0.6) is 0 Å². The van der Waals surface area contributed by atoms with Crippen molar-refractivity contribution in [2.75, 3.05) is 18.0 Å². The largest absolute Gasteiger partial charge is 0.356 e. The Morgan fingerprint density at radius 3 is 2.14 bits per heavy atom. The molecular formula is C15H17Cl2N5. The van der Waals surface area contributed by atoms with Crippen LogP contribution in [0.15, 0.2) is 24.5 Å². The van der Waals surface area contributed by atoms with E-state index in [1.54, 1.807) is 12.4 Å². The first kappa shape index (κ1) is 15.4. The third-order valence-electron chi connectivity index (χ3n) is 3.68. The number of rotatable bonds is 2. The Bertz CT molecular complexity index is 627. The van der Waals surface area contributed by atoms with Crippen LogP contribution in [0.25, 0.3) is 0 Å². The van der Waals surface area contributed by atoms with Gasteiger partial charge in [-0.3, -0.25) is 0 Å². The van der Waals surface area contributed by atoms with Crippen molar-refractivity contribution in [2.45, 2.75) is 31.6 Å². The van der Waals surface area contributed by atoms with E-state index in [2.05, 4.69) is 24.8 Å². The molecule has 0 unspecified atom stereocenters. The predicted molar refractivity (Wildman–Crippen MR) is 87.5 cm³/mol. The molecule has 1 saturated carbocycles. The highest BCUT2D eigenvalue weighted by Gasteiger charge is 2.24. The number of anilines is 1. The van der Waals surface area contributed by atoms with Gasteiger partial charge >= 0.3 is 0 Å². The smallest absolute Gasteiger partial charge is 0.224 e. The quantitative estimate of drug-likeness (QED) is 0.781. The normalized spacial score (nSPS) is 17.1. The summed E-state index contributed by atoms with van der Waals surface area (Å²) in [6.07, 6.45) is 8.43. The van der Waals surface area contributed by atoms with E-state index in [4.69, 9.17) is 23.2 Å². The van der Waals surface area contributed by atoms with Gasteiger partial charge in [0.2, 0.25) is 10.6 Å². The van der Waals surface area contributed by atoms with E-state index in [0.29, 0.717) is 16.5 Å². The van der Waals surface area contributed by atoms with Gasteiger partial charge in [0.05, 0.1) is 0 Å². The minimum atomic E-state index is 0.333. The molecule has 22 heavy (non-hydrogen) atoms. The molecule has 3 heterocycles. The topological polar surface area (TPSA) is 54.8 Å². The third-order valence-corrected chi connectivity index (χ3v) is 4.05. The maximum atomic E-state index is 5.67. The number of hydrogen-bond donors (Lipinski definition) is 0. The van der Waals surface area contributed by atoms with Crippen LogP contribution in [0.3, 0.4) is 0 Å². The highest BCUT2D eigenvalue weighted by Crippen LogP contribution is 2.38. The van der Waals surface area contributed by atoms with E-state index in [0.717, 1.165) is 24.6 Å². The lowest BCUT2D eigenvalue weighted by Crippen LogP contribution is -2.18. The van der Waals surface area contributed by atoms with Gasteiger partial charge in [-0.2, -0.15) is 0 Å². The minimum absolute atomic E-state index is 0.333. The van der Waals surface area contributed by atoms with Crippen LogP contribution < -0.4 is 4.90 Å². The summed E-state index contributed by atoms with van der Waals surface area (Å²) in [5.74, 6) is 1.62. The van der Waals surface area contributed by atoms with Crippen LogP contribution >= 0.6 is 23.2 Å². The molecule has 5 nitrogen and oxygen atoms in total. The molecule has 2 aromatic heterocycles. The maximum Gasteiger partial charge on any atom is 0.224 e. The molecule has 2 fully saturated rings. The zero-order valence-electron chi connectivity index (χ0n) is 12.1. The molecular weight excluding hydrogens is 321 g/mol. The molecule has 7 heteroatoms. The minimum Gasteiger partial charge on any atom is -0.356 e. The summed E-state index contributed by atoms with van der Waals surface area (Å²) >= 11 is 11.3. The van der Waals surface area contributed by atoms with Gasteiger partial charge in [-0.05, 0) is 61.0 Å². The van der Waals surface area contributed by atoms with Crippen molar-refractivity contribution in [1.29, 1.82) is 0 Å². The van der Waals surface area contributed by atoms with E-state index < -0.39 is 0 Å². The van der Waals surface area contributed by atoms with Crippen molar-refractivity contribution < 1.29 is 0 Å². The molecule has 0 atom stereocenters. The molecule has 0 radical (unpaired) electrons. The molecule has 1 aliphatic heterocycles. The van der Waals surface area contributed by atoms with E-state index in [1.165, 1.54) is 25.7 Å². The standard InChI is InChI=1S/C8H10ClN3.C7H7ClN2/c9-8-10-4-3-7(11-8)12-5-1-2-6-12;8-7-9-4-3-6(10-7)5-1-2-5/h3-4H,1-2,5-6H2;3-5H,1-2H2. The Hall–Kier alpha value is -1.46. The van der Waals surface area contributed by atoms with Crippen LogP contribution in [-0.4, -0.2) is 33.0 Å². The van der Waals surface area contributed by atoms with Crippen LogP contribution in [-0.2, 0) is 0 Å². The third kappa shape index (κ3) is 4.27. The van der Waals surface area contributed by atoms with E-state index >= 15 is 0 Å². The maximum absolute atomic E-state index is 5.67. The van der Waals surface area contributed by atoms with Gasteiger partial charge in [0.25, 0.3) is 0 Å². The molecule has 1 saturated heterocycles. The van der Waals surface area contributed by atoms with Gasteiger partial charge in [-0.1, -0.05) is 0 Å². The van der Waals surface area contributed by atoms with Gasteiger partial charge in [0.1, 0.15) is 5.82 Å². The molecule has 4 rings (SSSR count). The number of halogens is 2. The average Bonchev–Trinajstić information content (AvgIpc) is 3.23. The molecule has 2 aliphatic rings. The second-order valence-corrected chi connectivity index (χ2v) is 6.08. The fourth-order valence-corrected chi connectivity index (χ4v) is 2.70. The van der Waals surface area contributed by atoms with Crippen molar-refractivity contribution in [3.05, 3.63) is 40.8 Å². The summed E-state index contributed by atoms with van der Waals surface area (Å²) in [5.41, 5.74) is 1.10. The predicted octanol–water partition coefficient (Wildman–Crippen LogP) is 3.74. The summed E-state index contributed by atoms with van der Waals surface area (Å²) in [6, 6.07) is 3.83. The summed E-state index contributed by atoms with van der Waals surface area (Å²) in [5, 5.41) is 0.698. The SMILES string of the molecule is Clc1nccc(C2CC2)n1.Clc1nccc(N2CCCC2)n1. The van der Waals surface area contributed by atoms with Crippen LogP contribution in [0.2, 0.25) is 10.6 Å². The van der Waals surface area contributed by atoms with Crippen LogP contribution in [0.1, 0.15) is 37.3 Å². The summed E-state index contributed by atoms with van der Waals surface area (Å²) < 4.78 is 0. The van der Waals surface area contributed by atoms with Gasteiger partial charge in [0.15, 0.2) is 0 Å². The van der Waals surface area contributed by atoms with E-state index in [-0.39, 0.29) is 0 Å². The Morgan fingerprint density at radius 2 is 1.55 bits per heavy atom. The summed E-state index contributed by atoms with van der Waals surface area (Å²) in [6.45, 7) is 2.18. The first-order valence-electron chi connectivity index (χ1n) is 7.44. The molecule has 0 bridgehead atoms. The molecule has 0 spiro atoms. The Labute approximate surface area is 139 Å². The number of nitrogens with zero attached hydrogens (tertiary/aromatic N) is 5. The number of aromatic nitrogens is 4. The number of hydrogen-bond acceptors (Lipinski definition) is 5. The van der Waals surface area contributed by atoms with Gasteiger partial charge < -0.3 is 4.90 Å². The Kier molecular flexibility index (Phi) is 5.05. The molecule has 0 N–H and O–H groups in total. The first-order valence-corrected chi connectivity index (χ1v) is 8.20. The molecule has 0 amide bonds. The van der Waals surface area contributed by atoms with Crippen molar-refractivity contribution in [3.63, 3.8) is 0 Å². The van der Waals surface area contributed by atoms with Gasteiger partial charge in [0, 0.05) is 37.1 Å². The highest BCUT2D eigenvalue weighted by atomic mass is 35.5. The molecule has 1 aliphatic carbocycles. The fourth-order valence-electron chi connectivity index (χ4n) is 2.40. The zero-order chi connectivity index (χ0) is 15.4. The van der Waals surface area contributed by atoms with Gasteiger partial charge in [-0.25, -0.2) is 19.9 Å². The molecule has 116 valence electrons. The zero-order valence-corrected chi connectivity index (χ0v) is 13.6. The highest BCUT2D eigenvalue weighted by molar-refractivity contribution is 6.28. The van der Waals surface area contributed by atoms with Crippen molar-refractivity contribution in [2.24, 2.45) is 0 Å². The van der Waals surface area contributed by atoms with Gasteiger partial charge in [-0.15, -0.1) is 0 Å². The molecule has 0 aromatic carbocycles.